The van der Waals surface area contributed by atoms with Gasteiger partial charge in [-0.2, -0.15) is 0 Å². The van der Waals surface area contributed by atoms with E-state index in [2.05, 4.69) is 10.3 Å². The number of pyridine rings is 1. The second kappa shape index (κ2) is 6.75. The molecule has 0 aliphatic rings. The molecule has 0 aliphatic heterocycles. The molecule has 1 aromatic heterocycles. The minimum atomic E-state index is 0.504. The van der Waals surface area contributed by atoms with Gasteiger partial charge in [0.25, 0.3) is 0 Å². The molecular formula is C15H18N2O2. The molecule has 0 radical (unpaired) electrons. The Bertz CT molecular complexity index is 515. The van der Waals surface area contributed by atoms with E-state index in [0.29, 0.717) is 6.61 Å². The number of hydrogen-bond donors (Lipinski definition) is 1. The molecule has 0 unspecified atom stereocenters. The van der Waals surface area contributed by atoms with Gasteiger partial charge in [0, 0.05) is 18.9 Å². The smallest absolute Gasteiger partial charge is 0.161 e. The summed E-state index contributed by atoms with van der Waals surface area (Å²) >= 11 is 0. The molecule has 0 amide bonds. The van der Waals surface area contributed by atoms with Crippen molar-refractivity contribution in [2.75, 3.05) is 14.2 Å². The minimum absolute atomic E-state index is 0.504. The van der Waals surface area contributed by atoms with Crippen LogP contribution in [0.15, 0.2) is 42.7 Å². The number of nitrogens with zero attached hydrogens (tertiary/aromatic N) is 1. The van der Waals surface area contributed by atoms with Crippen LogP contribution in [0, 0.1) is 0 Å². The van der Waals surface area contributed by atoms with Gasteiger partial charge in [0.2, 0.25) is 0 Å². The van der Waals surface area contributed by atoms with Gasteiger partial charge in [-0.05, 0) is 42.4 Å². The van der Waals surface area contributed by atoms with Crippen molar-refractivity contribution < 1.29 is 9.47 Å². The summed E-state index contributed by atoms with van der Waals surface area (Å²) in [6, 6.07) is 9.82. The number of hydrogen-bond acceptors (Lipinski definition) is 4. The summed E-state index contributed by atoms with van der Waals surface area (Å²) in [6.45, 7) is 1.31. The Labute approximate surface area is 113 Å². The topological polar surface area (TPSA) is 43.4 Å². The number of benzene rings is 1. The molecule has 0 saturated heterocycles. The first-order valence-corrected chi connectivity index (χ1v) is 6.16. The van der Waals surface area contributed by atoms with Crippen LogP contribution in [0.2, 0.25) is 0 Å². The lowest BCUT2D eigenvalue weighted by Gasteiger charge is -2.12. The molecule has 0 fully saturated rings. The van der Waals surface area contributed by atoms with Gasteiger partial charge in [-0.25, -0.2) is 0 Å². The van der Waals surface area contributed by atoms with Crippen LogP contribution in [-0.2, 0) is 13.2 Å². The van der Waals surface area contributed by atoms with E-state index in [9.17, 15) is 0 Å². The Hall–Kier alpha value is -2.07. The van der Waals surface area contributed by atoms with E-state index in [1.54, 1.807) is 19.5 Å². The number of ether oxygens (including phenoxy) is 2. The summed E-state index contributed by atoms with van der Waals surface area (Å²) in [7, 11) is 3.57. The Balaban J connectivity index is 2.07. The van der Waals surface area contributed by atoms with Crippen LogP contribution in [0.4, 0.5) is 0 Å². The first-order chi connectivity index (χ1) is 9.33. The molecule has 1 aromatic carbocycles. The molecule has 4 nitrogen and oxygen atoms in total. The van der Waals surface area contributed by atoms with Crippen molar-refractivity contribution in [3.05, 3.63) is 53.9 Å². The van der Waals surface area contributed by atoms with Crippen LogP contribution in [0.1, 0.15) is 11.1 Å². The average Bonchev–Trinajstić information content (AvgIpc) is 2.47. The molecular weight excluding hydrogens is 240 g/mol. The Morgan fingerprint density at radius 2 is 1.84 bits per heavy atom. The third-order valence-corrected chi connectivity index (χ3v) is 2.75. The zero-order valence-electron chi connectivity index (χ0n) is 11.2. The predicted molar refractivity (Wildman–Crippen MR) is 74.3 cm³/mol. The highest BCUT2D eigenvalue weighted by Crippen LogP contribution is 2.28. The second-order valence-corrected chi connectivity index (χ2v) is 4.16. The van der Waals surface area contributed by atoms with Crippen molar-refractivity contribution in [2.45, 2.75) is 13.2 Å². The van der Waals surface area contributed by atoms with Crippen molar-refractivity contribution >= 4 is 0 Å². The van der Waals surface area contributed by atoms with Gasteiger partial charge in [0.15, 0.2) is 11.5 Å². The fourth-order valence-electron chi connectivity index (χ4n) is 1.79. The fraction of sp³-hybridized carbons (Fsp3) is 0.267. The fourth-order valence-corrected chi connectivity index (χ4v) is 1.79. The lowest BCUT2D eigenvalue weighted by Crippen LogP contribution is -2.05. The average molecular weight is 258 g/mol. The Morgan fingerprint density at radius 3 is 2.53 bits per heavy atom. The molecule has 1 N–H and O–H groups in total. The SMILES string of the molecule is CNCc1ccc(OCc2ccncc2)c(OC)c1. The molecule has 0 aliphatic carbocycles. The first-order valence-electron chi connectivity index (χ1n) is 6.16. The van der Waals surface area contributed by atoms with Crippen LogP contribution < -0.4 is 14.8 Å². The number of methoxy groups -OCH3 is 1. The van der Waals surface area contributed by atoms with Gasteiger partial charge in [0.05, 0.1) is 7.11 Å². The molecule has 0 atom stereocenters. The number of nitrogens with one attached hydrogen (secondary N) is 1. The molecule has 100 valence electrons. The van der Waals surface area contributed by atoms with Crippen LogP contribution >= 0.6 is 0 Å². The highest BCUT2D eigenvalue weighted by Gasteiger charge is 2.05. The zero-order valence-corrected chi connectivity index (χ0v) is 11.2. The molecule has 0 spiro atoms. The van der Waals surface area contributed by atoms with E-state index >= 15 is 0 Å². The first kappa shape index (κ1) is 13.4. The molecule has 1 heterocycles. The zero-order chi connectivity index (χ0) is 13.5. The molecule has 0 bridgehead atoms. The largest absolute Gasteiger partial charge is 0.493 e. The molecule has 0 saturated carbocycles. The monoisotopic (exact) mass is 258 g/mol. The minimum Gasteiger partial charge on any atom is -0.493 e. The van der Waals surface area contributed by atoms with Crippen LogP contribution in [0.25, 0.3) is 0 Å². The van der Waals surface area contributed by atoms with E-state index in [4.69, 9.17) is 9.47 Å². The third kappa shape index (κ3) is 3.69. The normalized spacial score (nSPS) is 10.2. The standard InChI is InChI=1S/C15H18N2O2/c1-16-10-13-3-4-14(15(9-13)18-2)19-11-12-5-7-17-8-6-12/h3-9,16H,10-11H2,1-2H3. The summed E-state index contributed by atoms with van der Waals surface area (Å²) in [5.41, 5.74) is 2.24. The summed E-state index contributed by atoms with van der Waals surface area (Å²) in [6.07, 6.45) is 3.51. The Kier molecular flexibility index (Phi) is 4.75. The van der Waals surface area contributed by atoms with Gasteiger partial charge >= 0.3 is 0 Å². The number of rotatable bonds is 6. The van der Waals surface area contributed by atoms with Gasteiger partial charge < -0.3 is 14.8 Å². The molecule has 4 heteroatoms. The highest BCUT2D eigenvalue weighted by atomic mass is 16.5. The molecule has 19 heavy (non-hydrogen) atoms. The Morgan fingerprint density at radius 1 is 1.05 bits per heavy atom. The lowest BCUT2D eigenvalue weighted by atomic mass is 10.2. The van der Waals surface area contributed by atoms with E-state index in [0.717, 1.165) is 29.2 Å². The molecule has 2 rings (SSSR count). The van der Waals surface area contributed by atoms with Crippen LogP contribution in [-0.4, -0.2) is 19.1 Å². The summed E-state index contributed by atoms with van der Waals surface area (Å²) in [5.74, 6) is 1.50. The maximum Gasteiger partial charge on any atom is 0.161 e. The quantitative estimate of drug-likeness (QED) is 0.864. The van der Waals surface area contributed by atoms with Crippen molar-refractivity contribution in [3.63, 3.8) is 0 Å². The predicted octanol–water partition coefficient (Wildman–Crippen LogP) is 2.39. The highest BCUT2D eigenvalue weighted by molar-refractivity contribution is 5.43. The van der Waals surface area contributed by atoms with Crippen molar-refractivity contribution in [1.82, 2.24) is 10.3 Å². The van der Waals surface area contributed by atoms with Crippen LogP contribution in [0.3, 0.4) is 0 Å². The third-order valence-electron chi connectivity index (χ3n) is 2.75. The van der Waals surface area contributed by atoms with Crippen molar-refractivity contribution in [3.8, 4) is 11.5 Å². The number of aromatic nitrogens is 1. The van der Waals surface area contributed by atoms with E-state index in [1.807, 2.05) is 37.4 Å². The summed E-state index contributed by atoms with van der Waals surface area (Å²) < 4.78 is 11.1. The molecule has 2 aromatic rings. The van der Waals surface area contributed by atoms with Gasteiger partial charge in [-0.3, -0.25) is 4.98 Å². The van der Waals surface area contributed by atoms with E-state index < -0.39 is 0 Å². The maximum atomic E-state index is 5.77. The maximum absolute atomic E-state index is 5.77. The van der Waals surface area contributed by atoms with E-state index in [1.165, 1.54) is 0 Å². The lowest BCUT2D eigenvalue weighted by molar-refractivity contribution is 0.284. The van der Waals surface area contributed by atoms with Crippen LogP contribution in [0.5, 0.6) is 11.5 Å². The van der Waals surface area contributed by atoms with Gasteiger partial charge in [-0.15, -0.1) is 0 Å². The summed E-state index contributed by atoms with van der Waals surface area (Å²) in [5, 5.41) is 3.11. The second-order valence-electron chi connectivity index (χ2n) is 4.16. The van der Waals surface area contributed by atoms with Gasteiger partial charge in [0.1, 0.15) is 6.61 Å². The van der Waals surface area contributed by atoms with Gasteiger partial charge in [-0.1, -0.05) is 6.07 Å². The van der Waals surface area contributed by atoms with E-state index in [-0.39, 0.29) is 0 Å². The summed E-state index contributed by atoms with van der Waals surface area (Å²) in [4.78, 5) is 3.98. The van der Waals surface area contributed by atoms with Crippen molar-refractivity contribution in [2.24, 2.45) is 0 Å². The van der Waals surface area contributed by atoms with Crippen molar-refractivity contribution in [1.29, 1.82) is 0 Å².